The van der Waals surface area contributed by atoms with E-state index in [0.29, 0.717) is 17.8 Å². The van der Waals surface area contributed by atoms with Crippen LogP contribution >= 0.6 is 0 Å². The molecule has 4 heterocycles. The summed E-state index contributed by atoms with van der Waals surface area (Å²) in [6.07, 6.45) is 15.6. The zero-order valence-corrected chi connectivity index (χ0v) is 21.1. The number of benzene rings is 1. The third kappa shape index (κ3) is 3.93. The number of para-hydroxylation sites is 2. The molecule has 36 heavy (non-hydrogen) atoms. The summed E-state index contributed by atoms with van der Waals surface area (Å²) in [5.74, 6) is 1.90. The number of nitrogens with one attached hydrogen (secondary N) is 1. The number of hydrogen-bond acceptors (Lipinski definition) is 5. The molecular weight excluding hydrogens is 448 g/mol. The molecule has 5 unspecified atom stereocenters. The minimum Gasteiger partial charge on any atom is -0.368 e. The highest BCUT2D eigenvalue weighted by atomic mass is 16.3. The highest BCUT2D eigenvalue weighted by molar-refractivity contribution is 6.08. The number of aliphatic hydroxyl groups excluding tert-OH is 1. The average molecular weight is 487 g/mol. The average Bonchev–Trinajstić information content (AvgIpc) is 2.88. The summed E-state index contributed by atoms with van der Waals surface area (Å²) < 4.78 is 0. The molecule has 5 aliphatic rings. The summed E-state index contributed by atoms with van der Waals surface area (Å²) in [5.41, 5.74) is 3.18. The lowest BCUT2D eigenvalue weighted by atomic mass is 9.68. The molecule has 190 valence electrons. The topological polar surface area (TPSA) is 71.9 Å². The van der Waals surface area contributed by atoms with Crippen molar-refractivity contribution >= 4 is 17.1 Å². The quantitative estimate of drug-likeness (QED) is 0.641. The Morgan fingerprint density at radius 3 is 2.25 bits per heavy atom. The third-order valence-electron chi connectivity index (χ3n) is 9.91. The van der Waals surface area contributed by atoms with Crippen LogP contribution in [0, 0.1) is 11.8 Å². The summed E-state index contributed by atoms with van der Waals surface area (Å²) in [4.78, 5) is 24.5. The molecule has 2 saturated heterocycles. The molecule has 6 nitrogen and oxygen atoms in total. The second-order valence-electron chi connectivity index (χ2n) is 12.0. The molecule has 1 aromatic heterocycles. The van der Waals surface area contributed by atoms with Crippen molar-refractivity contribution in [1.29, 1.82) is 0 Å². The Kier molecular flexibility index (Phi) is 5.77. The van der Waals surface area contributed by atoms with Gasteiger partial charge >= 0.3 is 0 Å². The van der Waals surface area contributed by atoms with Crippen molar-refractivity contribution in [3.63, 3.8) is 0 Å². The molecule has 4 bridgehead atoms. The van der Waals surface area contributed by atoms with Gasteiger partial charge < -0.3 is 15.0 Å². The number of aromatic nitrogens is 1. The van der Waals surface area contributed by atoms with Crippen LogP contribution in [0.25, 0.3) is 0 Å². The first-order valence-electron chi connectivity index (χ1n) is 14.2. The Hall–Kier alpha value is -2.44. The van der Waals surface area contributed by atoms with Gasteiger partial charge in [-0.3, -0.25) is 9.69 Å². The van der Waals surface area contributed by atoms with Crippen LogP contribution in [-0.4, -0.2) is 51.1 Å². The van der Waals surface area contributed by atoms with E-state index in [1.165, 1.54) is 63.9 Å². The van der Waals surface area contributed by atoms with E-state index in [0.717, 1.165) is 47.7 Å². The molecular formula is C30H38N4O2. The minimum atomic E-state index is -0.822. The molecule has 1 aromatic carbocycles. The number of aromatic amines is 1. The SMILES string of the molecule is O=c1ccc(C2=Nc3ccccc3N(C3CC4CCCC(C3)N4C3CC4CCCC(C4)C3)C2O)c[nH]1. The van der Waals surface area contributed by atoms with Gasteiger partial charge in [0.1, 0.15) is 0 Å². The van der Waals surface area contributed by atoms with E-state index < -0.39 is 6.23 Å². The van der Waals surface area contributed by atoms with Crippen LogP contribution in [0.2, 0.25) is 0 Å². The highest BCUT2D eigenvalue weighted by Gasteiger charge is 2.47. The lowest BCUT2D eigenvalue weighted by molar-refractivity contribution is -0.0430. The van der Waals surface area contributed by atoms with Gasteiger partial charge in [0.25, 0.3) is 0 Å². The van der Waals surface area contributed by atoms with E-state index in [4.69, 9.17) is 4.99 Å². The Morgan fingerprint density at radius 1 is 0.806 bits per heavy atom. The fourth-order valence-corrected chi connectivity index (χ4v) is 8.56. The van der Waals surface area contributed by atoms with Gasteiger partial charge in [-0.05, 0) is 75.0 Å². The molecule has 2 aromatic rings. The number of anilines is 1. The number of aliphatic imine (C=N–C) groups is 1. The monoisotopic (exact) mass is 486 g/mol. The van der Waals surface area contributed by atoms with E-state index in [9.17, 15) is 9.90 Å². The number of hydrogen-bond donors (Lipinski definition) is 2. The van der Waals surface area contributed by atoms with Crippen molar-refractivity contribution < 1.29 is 5.11 Å². The summed E-state index contributed by atoms with van der Waals surface area (Å²) in [6.45, 7) is 0. The number of pyridine rings is 1. The first-order chi connectivity index (χ1) is 17.6. The number of fused-ring (bicyclic) bond motifs is 5. The zero-order chi connectivity index (χ0) is 24.2. The summed E-state index contributed by atoms with van der Waals surface area (Å²) in [6, 6.07) is 13.8. The number of H-pyrrole nitrogens is 1. The second kappa shape index (κ2) is 9.14. The Morgan fingerprint density at radius 2 is 1.53 bits per heavy atom. The van der Waals surface area contributed by atoms with E-state index in [-0.39, 0.29) is 11.6 Å². The first kappa shape index (κ1) is 22.7. The van der Waals surface area contributed by atoms with Gasteiger partial charge in [-0.15, -0.1) is 0 Å². The van der Waals surface area contributed by atoms with Crippen LogP contribution in [-0.2, 0) is 0 Å². The van der Waals surface area contributed by atoms with Gasteiger partial charge in [0.2, 0.25) is 5.56 Å². The smallest absolute Gasteiger partial charge is 0.247 e. The molecule has 0 amide bonds. The number of aliphatic hydroxyl groups is 1. The van der Waals surface area contributed by atoms with E-state index in [2.05, 4.69) is 26.9 Å². The molecule has 2 N–H and O–H groups in total. The second-order valence-corrected chi connectivity index (χ2v) is 12.0. The Labute approximate surface area is 213 Å². The molecule has 7 rings (SSSR count). The lowest BCUT2D eigenvalue weighted by Crippen LogP contribution is -2.63. The van der Waals surface area contributed by atoms with Crippen molar-refractivity contribution in [2.45, 2.75) is 101 Å². The van der Waals surface area contributed by atoms with Crippen LogP contribution in [0.4, 0.5) is 11.4 Å². The predicted octanol–water partition coefficient (Wildman–Crippen LogP) is 4.99. The van der Waals surface area contributed by atoms with Crippen molar-refractivity contribution in [3.05, 3.63) is 58.5 Å². The maximum Gasteiger partial charge on any atom is 0.247 e. The molecule has 0 spiro atoms. The molecule has 4 fully saturated rings. The van der Waals surface area contributed by atoms with Crippen LogP contribution in [0.3, 0.4) is 0 Å². The summed E-state index contributed by atoms with van der Waals surface area (Å²) >= 11 is 0. The van der Waals surface area contributed by atoms with E-state index >= 15 is 0 Å². The van der Waals surface area contributed by atoms with Crippen molar-refractivity contribution in [3.8, 4) is 0 Å². The Balaban J connectivity index is 1.19. The van der Waals surface area contributed by atoms with Crippen LogP contribution in [0.15, 0.2) is 52.4 Å². The zero-order valence-electron chi connectivity index (χ0n) is 21.1. The first-order valence-corrected chi connectivity index (χ1v) is 14.2. The van der Waals surface area contributed by atoms with Gasteiger partial charge in [0.05, 0.1) is 17.1 Å². The molecule has 2 aliphatic carbocycles. The fourth-order valence-electron chi connectivity index (χ4n) is 8.56. The molecule has 0 radical (unpaired) electrons. The number of nitrogens with zero attached hydrogens (tertiary/aromatic N) is 3. The van der Waals surface area contributed by atoms with Gasteiger partial charge in [0.15, 0.2) is 6.23 Å². The summed E-state index contributed by atoms with van der Waals surface area (Å²) in [5, 5.41) is 11.7. The fraction of sp³-hybridized carbons (Fsp3) is 0.600. The number of rotatable bonds is 3. The van der Waals surface area contributed by atoms with Gasteiger partial charge in [0, 0.05) is 42.0 Å². The standard InChI is InChI=1S/C30H38N4O2/c35-28-12-11-21(18-31-28)29-30(36)34(27-10-2-1-9-26(27)32-29)25-16-22-7-4-8-23(17-25)33(22)24-14-19-5-3-6-20(13-19)15-24/h1-2,9-12,18-20,22-25,30,36H,3-8,13-17H2,(H,31,35). The van der Waals surface area contributed by atoms with Crippen LogP contribution in [0.5, 0.6) is 0 Å². The molecule has 6 heteroatoms. The lowest BCUT2D eigenvalue weighted by Gasteiger charge is -2.57. The maximum atomic E-state index is 11.7. The predicted molar refractivity (Wildman–Crippen MR) is 143 cm³/mol. The highest BCUT2D eigenvalue weighted by Crippen LogP contribution is 2.48. The normalized spacial score (nSPS) is 36.2. The van der Waals surface area contributed by atoms with Crippen molar-refractivity contribution in [1.82, 2.24) is 9.88 Å². The van der Waals surface area contributed by atoms with Gasteiger partial charge in [-0.2, -0.15) is 0 Å². The van der Waals surface area contributed by atoms with Crippen LogP contribution < -0.4 is 10.5 Å². The summed E-state index contributed by atoms with van der Waals surface area (Å²) in [7, 11) is 0. The minimum absolute atomic E-state index is 0.144. The largest absolute Gasteiger partial charge is 0.368 e. The molecule has 2 saturated carbocycles. The maximum absolute atomic E-state index is 11.7. The van der Waals surface area contributed by atoms with Gasteiger partial charge in [-0.25, -0.2) is 4.99 Å². The van der Waals surface area contributed by atoms with Crippen molar-refractivity contribution in [2.75, 3.05) is 4.90 Å². The molecule has 5 atom stereocenters. The van der Waals surface area contributed by atoms with Gasteiger partial charge in [-0.1, -0.05) is 37.8 Å². The van der Waals surface area contributed by atoms with E-state index in [1.807, 2.05) is 12.1 Å². The van der Waals surface area contributed by atoms with Crippen molar-refractivity contribution in [2.24, 2.45) is 16.8 Å². The third-order valence-corrected chi connectivity index (χ3v) is 9.91. The van der Waals surface area contributed by atoms with Crippen LogP contribution in [0.1, 0.15) is 76.2 Å². The molecule has 3 aliphatic heterocycles. The number of piperidine rings is 2. The Bertz CT molecular complexity index is 1160. The van der Waals surface area contributed by atoms with E-state index in [1.54, 1.807) is 12.3 Å².